The molecule has 1 amide bonds. The second-order valence-corrected chi connectivity index (χ2v) is 7.87. The zero-order valence-corrected chi connectivity index (χ0v) is 18.9. The third-order valence-corrected chi connectivity index (χ3v) is 5.73. The SMILES string of the molecule is CCN(CCOC(C)=O)CCOC(=O)Nc1ccc(-c2n[nH]c3c2Cc2ccccc2-3)cc1. The number of nitrogens with zero attached hydrogens (tertiary/aromatic N) is 2. The van der Waals surface area contributed by atoms with E-state index in [0.717, 1.165) is 29.9 Å². The molecule has 2 N–H and O–H groups in total. The largest absolute Gasteiger partial charge is 0.465 e. The number of likely N-dealkylation sites (N-methyl/N-ethyl adjacent to an activating group) is 1. The lowest BCUT2D eigenvalue weighted by atomic mass is 10.1. The van der Waals surface area contributed by atoms with Crippen molar-refractivity contribution in [2.45, 2.75) is 20.3 Å². The first-order valence-corrected chi connectivity index (χ1v) is 11.1. The van der Waals surface area contributed by atoms with E-state index in [4.69, 9.17) is 9.47 Å². The maximum absolute atomic E-state index is 12.1. The summed E-state index contributed by atoms with van der Waals surface area (Å²) >= 11 is 0. The van der Waals surface area contributed by atoms with Crippen LogP contribution in [0.3, 0.4) is 0 Å². The van der Waals surface area contributed by atoms with Crippen LogP contribution in [-0.2, 0) is 20.7 Å². The van der Waals surface area contributed by atoms with E-state index < -0.39 is 6.09 Å². The van der Waals surface area contributed by atoms with Crippen molar-refractivity contribution < 1.29 is 19.1 Å². The number of aromatic nitrogens is 2. The Bertz CT molecular complexity index is 1120. The second-order valence-electron chi connectivity index (χ2n) is 7.87. The minimum absolute atomic E-state index is 0.248. The third-order valence-electron chi connectivity index (χ3n) is 5.73. The van der Waals surface area contributed by atoms with E-state index >= 15 is 0 Å². The molecular weight excluding hydrogens is 420 g/mol. The van der Waals surface area contributed by atoms with Gasteiger partial charge in [0.1, 0.15) is 13.2 Å². The topological polar surface area (TPSA) is 96.5 Å². The van der Waals surface area contributed by atoms with Gasteiger partial charge in [-0.25, -0.2) is 4.79 Å². The molecule has 0 unspecified atom stereocenters. The molecule has 0 fully saturated rings. The molecule has 0 radical (unpaired) electrons. The van der Waals surface area contributed by atoms with Gasteiger partial charge < -0.3 is 9.47 Å². The molecule has 33 heavy (non-hydrogen) atoms. The fraction of sp³-hybridized carbons (Fsp3) is 0.320. The summed E-state index contributed by atoms with van der Waals surface area (Å²) in [5.41, 5.74) is 7.37. The number of carbonyl (C=O) groups is 2. The molecule has 8 heteroatoms. The van der Waals surface area contributed by atoms with Gasteiger partial charge in [-0.3, -0.25) is 20.1 Å². The molecular formula is C25H28N4O4. The Morgan fingerprint density at radius 3 is 2.52 bits per heavy atom. The third kappa shape index (κ3) is 5.40. The number of aromatic amines is 1. The molecule has 0 aliphatic heterocycles. The number of amides is 1. The van der Waals surface area contributed by atoms with Crippen LogP contribution in [0.4, 0.5) is 10.5 Å². The summed E-state index contributed by atoms with van der Waals surface area (Å²) in [6.07, 6.45) is 0.356. The lowest BCUT2D eigenvalue weighted by molar-refractivity contribution is -0.141. The minimum atomic E-state index is -0.505. The van der Waals surface area contributed by atoms with Gasteiger partial charge in [-0.2, -0.15) is 5.10 Å². The van der Waals surface area contributed by atoms with Crippen LogP contribution in [-0.4, -0.2) is 60.0 Å². The Kier molecular flexibility index (Phi) is 7.04. The number of benzene rings is 2. The van der Waals surface area contributed by atoms with Crippen LogP contribution in [0.2, 0.25) is 0 Å². The van der Waals surface area contributed by atoms with E-state index in [2.05, 4.69) is 33.7 Å². The average molecular weight is 449 g/mol. The second kappa shape index (κ2) is 10.3. The molecule has 0 saturated carbocycles. The summed E-state index contributed by atoms with van der Waals surface area (Å²) in [6, 6.07) is 15.9. The molecule has 8 nitrogen and oxygen atoms in total. The van der Waals surface area contributed by atoms with E-state index in [9.17, 15) is 9.59 Å². The van der Waals surface area contributed by atoms with Crippen molar-refractivity contribution in [2.75, 3.05) is 38.2 Å². The zero-order valence-electron chi connectivity index (χ0n) is 18.9. The van der Waals surface area contributed by atoms with Crippen molar-refractivity contribution in [3.05, 3.63) is 59.7 Å². The van der Waals surface area contributed by atoms with E-state index in [1.54, 1.807) is 0 Å². The normalized spacial score (nSPS) is 11.7. The minimum Gasteiger partial charge on any atom is -0.465 e. The average Bonchev–Trinajstić information content (AvgIpc) is 3.38. The fourth-order valence-electron chi connectivity index (χ4n) is 3.99. The summed E-state index contributed by atoms with van der Waals surface area (Å²) in [5, 5.41) is 10.5. The van der Waals surface area contributed by atoms with E-state index in [0.29, 0.717) is 25.4 Å². The van der Waals surface area contributed by atoms with Crippen molar-refractivity contribution in [1.29, 1.82) is 0 Å². The van der Waals surface area contributed by atoms with Crippen molar-refractivity contribution in [2.24, 2.45) is 0 Å². The van der Waals surface area contributed by atoms with Gasteiger partial charge in [0.2, 0.25) is 0 Å². The lowest BCUT2D eigenvalue weighted by Crippen LogP contribution is -2.32. The van der Waals surface area contributed by atoms with Gasteiger partial charge in [0, 0.05) is 48.8 Å². The molecule has 1 heterocycles. The van der Waals surface area contributed by atoms with Gasteiger partial charge in [-0.1, -0.05) is 43.3 Å². The molecule has 1 aromatic heterocycles. The molecule has 4 rings (SSSR count). The predicted molar refractivity (Wildman–Crippen MR) is 126 cm³/mol. The van der Waals surface area contributed by atoms with Crippen LogP contribution in [0.25, 0.3) is 22.5 Å². The quantitative estimate of drug-likeness (QED) is 0.375. The van der Waals surface area contributed by atoms with Crippen LogP contribution >= 0.6 is 0 Å². The van der Waals surface area contributed by atoms with Gasteiger partial charge in [-0.15, -0.1) is 0 Å². The summed E-state index contributed by atoms with van der Waals surface area (Å²) < 4.78 is 10.2. The summed E-state index contributed by atoms with van der Waals surface area (Å²) in [6.45, 7) is 5.90. The van der Waals surface area contributed by atoms with Gasteiger partial charge in [-0.05, 0) is 24.2 Å². The number of ether oxygens (including phenoxy) is 2. The van der Waals surface area contributed by atoms with Crippen molar-refractivity contribution in [1.82, 2.24) is 15.1 Å². The highest BCUT2D eigenvalue weighted by atomic mass is 16.5. The number of fused-ring (bicyclic) bond motifs is 3. The molecule has 3 aromatic rings. The number of esters is 1. The zero-order chi connectivity index (χ0) is 23.2. The summed E-state index contributed by atoms with van der Waals surface area (Å²) in [7, 11) is 0. The number of H-pyrrole nitrogens is 1. The Labute approximate surface area is 192 Å². The number of nitrogens with one attached hydrogen (secondary N) is 2. The van der Waals surface area contributed by atoms with Crippen LogP contribution in [0, 0.1) is 0 Å². The maximum atomic E-state index is 12.1. The molecule has 0 bridgehead atoms. The molecule has 0 atom stereocenters. The molecule has 1 aliphatic carbocycles. The van der Waals surface area contributed by atoms with Crippen molar-refractivity contribution in [3.8, 4) is 22.5 Å². The Morgan fingerprint density at radius 1 is 1.06 bits per heavy atom. The maximum Gasteiger partial charge on any atom is 0.411 e. The lowest BCUT2D eigenvalue weighted by Gasteiger charge is -2.19. The Balaban J connectivity index is 1.28. The Morgan fingerprint density at radius 2 is 1.79 bits per heavy atom. The molecule has 0 spiro atoms. The van der Waals surface area contributed by atoms with Gasteiger partial charge >= 0.3 is 12.1 Å². The fourth-order valence-corrected chi connectivity index (χ4v) is 3.99. The summed E-state index contributed by atoms with van der Waals surface area (Å²) in [4.78, 5) is 25.0. The summed E-state index contributed by atoms with van der Waals surface area (Å²) in [5.74, 6) is -0.297. The first kappa shape index (κ1) is 22.5. The highest BCUT2D eigenvalue weighted by Crippen LogP contribution is 2.39. The predicted octanol–water partition coefficient (Wildman–Crippen LogP) is 4.08. The van der Waals surface area contributed by atoms with Gasteiger partial charge in [0.05, 0.1) is 11.4 Å². The van der Waals surface area contributed by atoms with Crippen LogP contribution in [0.5, 0.6) is 0 Å². The highest BCUT2D eigenvalue weighted by molar-refractivity contribution is 5.86. The Hall–Kier alpha value is -3.65. The standard InChI is InChI=1S/C25H28N4O4/c1-3-29(12-14-32-17(2)30)13-15-33-25(31)26-20-10-8-18(9-11-20)23-22-16-19-6-4-5-7-21(19)24(22)28-27-23/h4-11H,3,12-16H2,1-2H3,(H,26,31)(H,27,28). The molecule has 1 aliphatic rings. The van der Waals surface area contributed by atoms with E-state index in [1.165, 1.54) is 23.6 Å². The van der Waals surface area contributed by atoms with Crippen LogP contribution in [0.1, 0.15) is 25.0 Å². The first-order chi connectivity index (χ1) is 16.0. The number of anilines is 1. The monoisotopic (exact) mass is 448 g/mol. The molecule has 2 aromatic carbocycles. The number of rotatable bonds is 9. The van der Waals surface area contributed by atoms with Gasteiger partial charge in [0.25, 0.3) is 0 Å². The van der Waals surface area contributed by atoms with Crippen molar-refractivity contribution in [3.63, 3.8) is 0 Å². The smallest absolute Gasteiger partial charge is 0.411 e. The van der Waals surface area contributed by atoms with E-state index in [-0.39, 0.29) is 12.6 Å². The first-order valence-electron chi connectivity index (χ1n) is 11.1. The number of carbonyl (C=O) groups excluding carboxylic acids is 2. The molecule has 0 saturated heterocycles. The molecule has 172 valence electrons. The van der Waals surface area contributed by atoms with Crippen LogP contribution < -0.4 is 5.32 Å². The van der Waals surface area contributed by atoms with Crippen LogP contribution in [0.15, 0.2) is 48.5 Å². The number of hydrogen-bond acceptors (Lipinski definition) is 6. The van der Waals surface area contributed by atoms with Gasteiger partial charge in [0.15, 0.2) is 0 Å². The number of hydrogen-bond donors (Lipinski definition) is 2. The highest BCUT2D eigenvalue weighted by Gasteiger charge is 2.24. The van der Waals surface area contributed by atoms with E-state index in [1.807, 2.05) is 42.2 Å². The van der Waals surface area contributed by atoms with Crippen molar-refractivity contribution >= 4 is 17.7 Å².